The number of rotatable bonds is 24. The highest BCUT2D eigenvalue weighted by molar-refractivity contribution is 7.10. The van der Waals surface area contributed by atoms with Gasteiger partial charge in [0.25, 0.3) is 0 Å². The molecule has 2 rings (SSSR count). The van der Waals surface area contributed by atoms with Gasteiger partial charge in [0.15, 0.2) is 0 Å². The molecular weight excluding hydrogens is 793 g/mol. The van der Waals surface area contributed by atoms with E-state index in [0.717, 1.165) is 4.88 Å². The molecular formula is C39H52N6O13S. The number of hydrogen-bond donors (Lipinski definition) is 8. The summed E-state index contributed by atoms with van der Waals surface area (Å²) in [5.41, 5.74) is 4.83. The van der Waals surface area contributed by atoms with E-state index in [1.165, 1.54) is 36.5 Å². The minimum absolute atomic E-state index is 0.0200. The van der Waals surface area contributed by atoms with Gasteiger partial charge in [-0.2, -0.15) is 0 Å². The molecule has 0 aliphatic heterocycles. The van der Waals surface area contributed by atoms with Crippen molar-refractivity contribution in [3.05, 3.63) is 64.4 Å². The average Bonchev–Trinajstić information content (AvgIpc) is 3.68. The van der Waals surface area contributed by atoms with Gasteiger partial charge in [-0.05, 0) is 76.5 Å². The number of benzene rings is 1. The lowest BCUT2D eigenvalue weighted by atomic mass is 10.0. The number of unbranched alkanes of at least 4 members (excludes halogenated alkanes) is 1. The van der Waals surface area contributed by atoms with Gasteiger partial charge in [-0.15, -0.1) is 11.3 Å². The maximum absolute atomic E-state index is 12.6. The number of carboxylic acid groups (broad SMARTS) is 2. The Balaban J connectivity index is 1.77. The fourth-order valence-corrected chi connectivity index (χ4v) is 5.77. The lowest BCUT2D eigenvalue weighted by Gasteiger charge is -2.27. The second kappa shape index (κ2) is 24.5. The summed E-state index contributed by atoms with van der Waals surface area (Å²) in [4.78, 5) is 112. The second-order valence-electron chi connectivity index (χ2n) is 14.2. The van der Waals surface area contributed by atoms with Crippen LogP contribution < -0.4 is 32.3 Å². The van der Waals surface area contributed by atoms with Gasteiger partial charge in [-0.3, -0.25) is 28.8 Å². The summed E-state index contributed by atoms with van der Waals surface area (Å²) in [5.74, 6) is -7.39. The fraction of sp³-hybridized carbons (Fsp3) is 0.462. The molecule has 1 aromatic heterocycles. The van der Waals surface area contributed by atoms with Gasteiger partial charge in [0.1, 0.15) is 29.8 Å². The maximum atomic E-state index is 12.6. The highest BCUT2D eigenvalue weighted by Gasteiger charge is 2.35. The Morgan fingerprint density at radius 3 is 2.08 bits per heavy atom. The molecule has 0 aliphatic carbocycles. The van der Waals surface area contributed by atoms with Crippen molar-refractivity contribution in [1.82, 2.24) is 26.6 Å². The van der Waals surface area contributed by atoms with Crippen molar-refractivity contribution < 1.29 is 62.8 Å². The fourth-order valence-electron chi connectivity index (χ4n) is 5.15. The second-order valence-corrected chi connectivity index (χ2v) is 15.1. The molecule has 0 saturated heterocycles. The maximum Gasteiger partial charge on any atom is 0.408 e. The summed E-state index contributed by atoms with van der Waals surface area (Å²) in [6.45, 7) is 6.35. The number of amides is 6. The van der Waals surface area contributed by atoms with Crippen LogP contribution in [0.4, 0.5) is 4.79 Å². The first-order chi connectivity index (χ1) is 27.7. The van der Waals surface area contributed by atoms with Gasteiger partial charge < -0.3 is 52.0 Å². The number of nitrogens with two attached hydrogens (primary N) is 1. The lowest BCUT2D eigenvalue weighted by Crippen LogP contribution is -2.52. The summed E-state index contributed by atoms with van der Waals surface area (Å²) in [5, 5.41) is 33.5. The molecule has 59 heavy (non-hydrogen) atoms. The molecule has 0 fully saturated rings. The van der Waals surface area contributed by atoms with E-state index in [2.05, 4.69) is 26.6 Å². The largest absolute Gasteiger partial charge is 0.480 e. The van der Waals surface area contributed by atoms with Crippen molar-refractivity contribution in [2.45, 2.75) is 109 Å². The van der Waals surface area contributed by atoms with Gasteiger partial charge in [0.2, 0.25) is 35.6 Å². The molecule has 9 N–H and O–H groups in total. The van der Waals surface area contributed by atoms with Crippen LogP contribution in [0.15, 0.2) is 53.9 Å². The summed E-state index contributed by atoms with van der Waals surface area (Å²) in [6, 6.07) is 6.63. The van der Waals surface area contributed by atoms with Crippen molar-refractivity contribution in [2.24, 2.45) is 5.73 Å². The highest BCUT2D eigenvalue weighted by Crippen LogP contribution is 2.22. The van der Waals surface area contributed by atoms with Crippen molar-refractivity contribution in [2.75, 3.05) is 6.54 Å². The number of hydrogen-bond acceptors (Lipinski definition) is 12. The van der Waals surface area contributed by atoms with Crippen LogP contribution in [-0.2, 0) is 47.8 Å². The van der Waals surface area contributed by atoms with Crippen molar-refractivity contribution in [3.8, 4) is 0 Å². The Hall–Kier alpha value is -6.31. The number of ether oxygens (including phenoxy) is 2. The van der Waals surface area contributed by atoms with Gasteiger partial charge in [0, 0.05) is 30.3 Å². The van der Waals surface area contributed by atoms with Crippen molar-refractivity contribution in [3.63, 3.8) is 0 Å². The molecule has 19 nitrogen and oxygen atoms in total. The number of primary amides is 1. The molecule has 20 heteroatoms. The van der Waals surface area contributed by atoms with Gasteiger partial charge >= 0.3 is 24.0 Å². The zero-order valence-electron chi connectivity index (χ0n) is 33.2. The highest BCUT2D eigenvalue weighted by atomic mass is 32.1. The van der Waals surface area contributed by atoms with Crippen LogP contribution in [0.25, 0.3) is 6.08 Å². The number of carbonyl (C=O) groups excluding carboxylic acids is 7. The SMILES string of the molecule is C[C@H](NC(=O)/C=C/c1cccs1)C(=O)N[C@H](CCC(=O)N[C@@H](CCCCNC(=O)CCC(=O)O[C@@H](C(=O)O)[C@@H](NC(=O)OC(C)(C)C)c1ccccc1)C(=O)O)C(N)=O. The summed E-state index contributed by atoms with van der Waals surface area (Å²) < 4.78 is 10.4. The molecule has 5 atom stereocenters. The summed E-state index contributed by atoms with van der Waals surface area (Å²) in [6.07, 6.45) is -0.893. The molecule has 0 aliphatic rings. The number of thiophene rings is 1. The topological polar surface area (TPSA) is 299 Å². The molecule has 2 aromatic rings. The third-order valence-electron chi connectivity index (χ3n) is 8.08. The molecule has 0 saturated carbocycles. The number of alkyl carbamates (subject to hydrolysis) is 1. The first kappa shape index (κ1) is 48.8. The van der Waals surface area contributed by atoms with Crippen molar-refractivity contribution in [1.29, 1.82) is 0 Å². The van der Waals surface area contributed by atoms with Gasteiger partial charge in [-0.25, -0.2) is 14.4 Å². The molecule has 6 amide bonds. The van der Waals surface area contributed by atoms with E-state index in [0.29, 0.717) is 12.0 Å². The van der Waals surface area contributed by atoms with Crippen LogP contribution in [0.1, 0.15) is 89.1 Å². The predicted molar refractivity (Wildman–Crippen MR) is 213 cm³/mol. The Labute approximate surface area is 344 Å². The normalized spacial score (nSPS) is 13.7. The molecule has 0 radical (unpaired) electrons. The zero-order valence-corrected chi connectivity index (χ0v) is 34.0. The van der Waals surface area contributed by atoms with E-state index >= 15 is 0 Å². The van der Waals surface area contributed by atoms with Crippen LogP contribution in [0.2, 0.25) is 0 Å². The first-order valence-electron chi connectivity index (χ1n) is 18.6. The van der Waals surface area contributed by atoms with Crippen LogP contribution in [0, 0.1) is 0 Å². The Kier molecular flexibility index (Phi) is 20.2. The molecule has 0 bridgehead atoms. The van der Waals surface area contributed by atoms with Gasteiger partial charge in [-0.1, -0.05) is 36.4 Å². The van der Waals surface area contributed by atoms with Gasteiger partial charge in [0.05, 0.1) is 6.42 Å². The standard InChI is InChI=1S/C39H52N6O13S/c1-23(42-29(47)17-15-25-13-10-22-59-25)35(51)44-26(34(40)50)16-18-30(48)43-27(36(52)53)14-8-9-21-41-28(46)19-20-31(49)57-33(37(54)55)32(24-11-6-5-7-12-24)45-38(56)58-39(2,3)4/h5-7,10-13,15,17,22-23,26-27,32-33H,8-9,14,16,18-21H2,1-4H3,(H2,40,50)(H,41,46)(H,42,47)(H,43,48)(H,44,51)(H,45,56)(H,52,53)(H,54,55)/b17-15+/t23-,26+,27-,32-,33+/m0/s1. The summed E-state index contributed by atoms with van der Waals surface area (Å²) in [7, 11) is 0. The van der Waals surface area contributed by atoms with Crippen LogP contribution in [0.3, 0.4) is 0 Å². The zero-order chi connectivity index (χ0) is 44.1. The van der Waals surface area contributed by atoms with E-state index in [1.807, 2.05) is 11.4 Å². The van der Waals surface area contributed by atoms with E-state index in [-0.39, 0.29) is 38.6 Å². The molecule has 0 spiro atoms. The summed E-state index contributed by atoms with van der Waals surface area (Å²) >= 11 is 1.42. The molecule has 1 aromatic carbocycles. The molecule has 1 heterocycles. The Morgan fingerprint density at radius 2 is 1.49 bits per heavy atom. The average molecular weight is 845 g/mol. The van der Waals surface area contributed by atoms with Crippen LogP contribution >= 0.6 is 11.3 Å². The number of nitrogens with one attached hydrogen (secondary N) is 5. The lowest BCUT2D eigenvalue weighted by molar-refractivity contribution is -0.166. The number of carbonyl (C=O) groups is 9. The van der Waals surface area contributed by atoms with Crippen molar-refractivity contribution >= 4 is 70.9 Å². The third kappa shape index (κ3) is 19.6. The smallest absolute Gasteiger partial charge is 0.408 e. The van der Waals surface area contributed by atoms with E-state index in [1.54, 1.807) is 51.1 Å². The Morgan fingerprint density at radius 1 is 0.797 bits per heavy atom. The van der Waals surface area contributed by atoms with Crippen LogP contribution in [0.5, 0.6) is 0 Å². The molecule has 322 valence electrons. The number of esters is 1. The van der Waals surface area contributed by atoms with E-state index < -0.39 is 95.8 Å². The monoisotopic (exact) mass is 844 g/mol. The minimum atomic E-state index is -1.85. The Bertz CT molecular complexity index is 1800. The first-order valence-corrected chi connectivity index (χ1v) is 19.5. The molecule has 0 unspecified atom stereocenters. The predicted octanol–water partition coefficient (Wildman–Crippen LogP) is 1.91. The van der Waals surface area contributed by atoms with E-state index in [9.17, 15) is 53.4 Å². The third-order valence-corrected chi connectivity index (χ3v) is 8.92. The van der Waals surface area contributed by atoms with E-state index in [4.69, 9.17) is 15.2 Å². The number of carboxylic acids is 2. The number of aliphatic carboxylic acids is 2. The minimum Gasteiger partial charge on any atom is -0.480 e. The quantitative estimate of drug-likeness (QED) is 0.0426. The van der Waals surface area contributed by atoms with Crippen LogP contribution in [-0.4, -0.2) is 100 Å².